The van der Waals surface area contributed by atoms with Gasteiger partial charge in [-0.2, -0.15) is 0 Å². The summed E-state index contributed by atoms with van der Waals surface area (Å²) >= 11 is 0. The monoisotopic (exact) mass is 414 g/mol. The minimum atomic E-state index is -0.945. The van der Waals surface area contributed by atoms with E-state index in [1.807, 2.05) is 26.0 Å². The number of Topliss-reactive ketones (excluding diaryl/α,β-unsaturated/α-hetero) is 1. The Kier molecular flexibility index (Phi) is 6.90. The molecule has 0 spiro atoms. The molecule has 1 saturated heterocycles. The van der Waals surface area contributed by atoms with Crippen LogP contribution in [0.15, 0.2) is 18.2 Å². The van der Waals surface area contributed by atoms with Gasteiger partial charge in [-0.1, -0.05) is 38.8 Å². The minimum absolute atomic E-state index is 0.291. The van der Waals surface area contributed by atoms with E-state index in [4.69, 9.17) is 4.74 Å². The molecule has 0 atom stereocenters. The maximum Gasteiger partial charge on any atom is 0.326 e. The average Bonchev–Trinajstić information content (AvgIpc) is 2.96. The van der Waals surface area contributed by atoms with Crippen molar-refractivity contribution >= 4 is 23.7 Å². The van der Waals surface area contributed by atoms with E-state index in [0.717, 1.165) is 37.0 Å². The number of rotatable bonds is 9. The zero-order chi connectivity index (χ0) is 21.7. The van der Waals surface area contributed by atoms with E-state index in [0.29, 0.717) is 18.4 Å². The zero-order valence-electron chi connectivity index (χ0n) is 17.8. The number of nitrogens with one attached hydrogen (secondary N) is 1. The number of ether oxygens (including phenoxy) is 1. The highest BCUT2D eigenvalue weighted by molar-refractivity contribution is 6.08. The maximum atomic E-state index is 12.8. The molecule has 0 saturated carbocycles. The lowest BCUT2D eigenvalue weighted by atomic mass is 9.88. The van der Waals surface area contributed by atoms with Gasteiger partial charge in [0.15, 0.2) is 12.4 Å². The lowest BCUT2D eigenvalue weighted by molar-refractivity contribution is -0.147. The lowest BCUT2D eigenvalue weighted by Crippen LogP contribution is -2.47. The SMILES string of the molecule is CCCC1(CCC)NC(=O)N(CC(=O)OCC(=O)c2ccc3c(c2)CCCC3)C1=O. The molecule has 0 unspecified atom stereocenters. The summed E-state index contributed by atoms with van der Waals surface area (Å²) in [6.45, 7) is 2.99. The van der Waals surface area contributed by atoms with Crippen molar-refractivity contribution in [3.05, 3.63) is 34.9 Å². The molecule has 1 aromatic carbocycles. The Hall–Kier alpha value is -2.70. The van der Waals surface area contributed by atoms with Crippen molar-refractivity contribution in [3.63, 3.8) is 0 Å². The van der Waals surface area contributed by atoms with Crippen molar-refractivity contribution in [2.45, 2.75) is 70.8 Å². The van der Waals surface area contributed by atoms with Crippen LogP contribution < -0.4 is 5.32 Å². The molecular weight excluding hydrogens is 384 g/mol. The number of nitrogens with zero attached hydrogens (tertiary/aromatic N) is 1. The Labute approximate surface area is 177 Å². The summed E-state index contributed by atoms with van der Waals surface area (Å²) in [5.74, 6) is -1.46. The summed E-state index contributed by atoms with van der Waals surface area (Å²) in [5, 5.41) is 2.76. The van der Waals surface area contributed by atoms with Crippen LogP contribution in [0.4, 0.5) is 4.79 Å². The fourth-order valence-electron chi connectivity index (χ4n) is 4.45. The molecule has 0 radical (unpaired) electrons. The third-order valence-corrected chi connectivity index (χ3v) is 5.92. The molecule has 162 valence electrons. The van der Waals surface area contributed by atoms with Crippen molar-refractivity contribution in [1.29, 1.82) is 0 Å². The predicted molar refractivity (Wildman–Crippen MR) is 111 cm³/mol. The predicted octanol–water partition coefficient (Wildman–Crippen LogP) is 3.18. The minimum Gasteiger partial charge on any atom is -0.456 e. The number of benzene rings is 1. The first-order valence-electron chi connectivity index (χ1n) is 10.8. The molecule has 1 N–H and O–H groups in total. The van der Waals surface area contributed by atoms with Gasteiger partial charge in [0, 0.05) is 5.56 Å². The summed E-state index contributed by atoms with van der Waals surface area (Å²) in [6.07, 6.45) is 6.78. The number of hydrogen-bond acceptors (Lipinski definition) is 5. The van der Waals surface area contributed by atoms with Crippen LogP contribution in [0.5, 0.6) is 0 Å². The summed E-state index contributed by atoms with van der Waals surface area (Å²) in [7, 11) is 0. The van der Waals surface area contributed by atoms with Crippen molar-refractivity contribution in [2.75, 3.05) is 13.2 Å². The van der Waals surface area contributed by atoms with E-state index in [9.17, 15) is 19.2 Å². The standard InChI is InChI=1S/C23H30N2O5/c1-3-11-23(12-4-2)21(28)25(22(29)24-23)14-20(27)30-15-19(26)18-10-9-16-7-5-6-8-17(16)13-18/h9-10,13H,3-8,11-12,14-15H2,1-2H3,(H,24,29). The molecule has 30 heavy (non-hydrogen) atoms. The van der Waals surface area contributed by atoms with Crippen molar-refractivity contribution in [2.24, 2.45) is 0 Å². The van der Waals surface area contributed by atoms with Gasteiger partial charge in [-0.05, 0) is 55.7 Å². The summed E-state index contributed by atoms with van der Waals surface area (Å²) in [4.78, 5) is 50.7. The van der Waals surface area contributed by atoms with Gasteiger partial charge >= 0.3 is 12.0 Å². The molecule has 1 heterocycles. The quantitative estimate of drug-likeness (QED) is 0.381. The molecular formula is C23H30N2O5. The lowest BCUT2D eigenvalue weighted by Gasteiger charge is -2.25. The Bertz CT molecular complexity index is 842. The van der Waals surface area contributed by atoms with Crippen LogP contribution in [-0.2, 0) is 27.2 Å². The van der Waals surface area contributed by atoms with Crippen LogP contribution in [0, 0.1) is 0 Å². The Morgan fingerprint density at radius 1 is 1.07 bits per heavy atom. The second kappa shape index (κ2) is 9.41. The van der Waals surface area contributed by atoms with E-state index in [2.05, 4.69) is 5.32 Å². The van der Waals surface area contributed by atoms with E-state index < -0.39 is 36.6 Å². The fraction of sp³-hybridized carbons (Fsp3) is 0.565. The number of carbonyl (C=O) groups excluding carboxylic acids is 4. The third-order valence-electron chi connectivity index (χ3n) is 5.92. The first-order chi connectivity index (χ1) is 14.4. The second-order valence-electron chi connectivity index (χ2n) is 8.18. The topological polar surface area (TPSA) is 92.8 Å². The molecule has 2 aliphatic rings. The molecule has 1 aromatic rings. The van der Waals surface area contributed by atoms with Crippen LogP contribution in [0.3, 0.4) is 0 Å². The molecule has 1 aliphatic carbocycles. The largest absolute Gasteiger partial charge is 0.456 e. The number of imide groups is 1. The van der Waals surface area contributed by atoms with Crippen LogP contribution in [0.2, 0.25) is 0 Å². The van der Waals surface area contributed by atoms with Gasteiger partial charge in [0.2, 0.25) is 0 Å². The van der Waals surface area contributed by atoms with Crippen LogP contribution in [0.25, 0.3) is 0 Å². The van der Waals surface area contributed by atoms with Gasteiger partial charge in [0.05, 0.1) is 0 Å². The van der Waals surface area contributed by atoms with Crippen LogP contribution in [0.1, 0.15) is 73.9 Å². The highest BCUT2D eigenvalue weighted by atomic mass is 16.5. The van der Waals surface area contributed by atoms with Crippen molar-refractivity contribution < 1.29 is 23.9 Å². The molecule has 1 fully saturated rings. The van der Waals surface area contributed by atoms with E-state index in [-0.39, 0.29) is 5.78 Å². The Morgan fingerprint density at radius 2 is 1.73 bits per heavy atom. The van der Waals surface area contributed by atoms with E-state index >= 15 is 0 Å². The van der Waals surface area contributed by atoms with Gasteiger partial charge < -0.3 is 10.1 Å². The van der Waals surface area contributed by atoms with Crippen LogP contribution >= 0.6 is 0 Å². The van der Waals surface area contributed by atoms with Gasteiger partial charge in [-0.25, -0.2) is 4.79 Å². The van der Waals surface area contributed by atoms with E-state index in [1.54, 1.807) is 6.07 Å². The first-order valence-corrected chi connectivity index (χ1v) is 10.8. The average molecular weight is 415 g/mol. The third kappa shape index (κ3) is 4.55. The van der Waals surface area contributed by atoms with E-state index in [1.165, 1.54) is 17.5 Å². The zero-order valence-corrected chi connectivity index (χ0v) is 17.8. The number of amides is 3. The fourth-order valence-corrected chi connectivity index (χ4v) is 4.45. The van der Waals surface area contributed by atoms with Gasteiger partial charge in [-0.3, -0.25) is 19.3 Å². The molecule has 0 aromatic heterocycles. The van der Waals surface area contributed by atoms with Gasteiger partial charge in [0.25, 0.3) is 5.91 Å². The number of hydrogen-bond donors (Lipinski definition) is 1. The number of aryl methyl sites for hydroxylation is 2. The molecule has 3 amide bonds. The molecule has 7 nitrogen and oxygen atoms in total. The molecule has 1 aliphatic heterocycles. The second-order valence-corrected chi connectivity index (χ2v) is 8.18. The number of fused-ring (bicyclic) bond motifs is 1. The van der Waals surface area contributed by atoms with Crippen molar-refractivity contribution in [3.8, 4) is 0 Å². The number of urea groups is 1. The smallest absolute Gasteiger partial charge is 0.326 e. The summed E-state index contributed by atoms with van der Waals surface area (Å²) in [5.41, 5.74) is 2.03. The number of carbonyl (C=O) groups is 4. The first kappa shape index (κ1) is 22.0. The maximum absolute atomic E-state index is 12.8. The Morgan fingerprint density at radius 3 is 2.40 bits per heavy atom. The number of ketones is 1. The highest BCUT2D eigenvalue weighted by Crippen LogP contribution is 2.28. The van der Waals surface area contributed by atoms with Gasteiger partial charge in [-0.15, -0.1) is 0 Å². The molecule has 0 bridgehead atoms. The highest BCUT2D eigenvalue weighted by Gasteiger charge is 2.50. The summed E-state index contributed by atoms with van der Waals surface area (Å²) < 4.78 is 5.09. The Balaban J connectivity index is 1.57. The summed E-state index contributed by atoms with van der Waals surface area (Å²) in [6, 6.07) is 5.03. The molecule has 3 rings (SSSR count). The van der Waals surface area contributed by atoms with Crippen LogP contribution in [-0.4, -0.2) is 47.3 Å². The van der Waals surface area contributed by atoms with Gasteiger partial charge in [0.1, 0.15) is 12.1 Å². The molecule has 7 heteroatoms. The number of esters is 1. The normalized spacial score (nSPS) is 17.5. The van der Waals surface area contributed by atoms with Crippen molar-refractivity contribution in [1.82, 2.24) is 10.2 Å².